The summed E-state index contributed by atoms with van der Waals surface area (Å²) in [5, 5.41) is 18.6. The van der Waals surface area contributed by atoms with Crippen LogP contribution in [0, 0.1) is 0 Å². The van der Waals surface area contributed by atoms with Gasteiger partial charge in [-0.25, -0.2) is 13.2 Å². The van der Waals surface area contributed by atoms with Crippen molar-refractivity contribution < 1.29 is 51.0 Å². The van der Waals surface area contributed by atoms with E-state index in [2.05, 4.69) is 0 Å². The van der Waals surface area contributed by atoms with Gasteiger partial charge in [0.05, 0.1) is 10.5 Å². The Bertz CT molecular complexity index is 1670. The number of fused-ring (bicyclic) bond motifs is 2. The fraction of sp³-hybridized carbons (Fsp3) is 0.379. The van der Waals surface area contributed by atoms with Crippen LogP contribution in [0.15, 0.2) is 59.0 Å². The lowest BCUT2D eigenvalue weighted by Gasteiger charge is -2.34. The molecule has 2 amide bonds. The van der Waals surface area contributed by atoms with E-state index in [0.29, 0.717) is 30.9 Å². The molecule has 2 N–H and O–H groups in total. The molecule has 0 aromatic heterocycles. The lowest BCUT2D eigenvalue weighted by molar-refractivity contribution is -0.192. The summed E-state index contributed by atoms with van der Waals surface area (Å²) in [5.41, 5.74) is -1.05. The first kappa shape index (κ1) is 33.6. The van der Waals surface area contributed by atoms with Gasteiger partial charge in [-0.1, -0.05) is 18.2 Å². The number of halogens is 3. The number of carbonyl (C=O) groups is 4. The number of benzene rings is 2. The summed E-state index contributed by atoms with van der Waals surface area (Å²) in [6.07, 6.45) is -3.48. The van der Waals surface area contributed by atoms with E-state index in [1.807, 2.05) is 19.0 Å². The molecular formula is C29H31F3N4O8S. The average molecular weight is 653 g/mol. The number of likely N-dealkylation sites (tertiary alicyclic amines) is 1. The highest BCUT2D eigenvalue weighted by Crippen LogP contribution is 2.53. The van der Waals surface area contributed by atoms with Crippen LogP contribution in [0.3, 0.4) is 0 Å². The van der Waals surface area contributed by atoms with Gasteiger partial charge in [-0.2, -0.15) is 17.5 Å². The molecule has 2 aromatic rings. The fourth-order valence-electron chi connectivity index (χ4n) is 5.58. The van der Waals surface area contributed by atoms with E-state index in [9.17, 15) is 41.1 Å². The Morgan fingerprint density at radius 1 is 0.978 bits per heavy atom. The van der Waals surface area contributed by atoms with E-state index in [0.717, 1.165) is 12.8 Å². The molecule has 3 aliphatic rings. The van der Waals surface area contributed by atoms with Crippen LogP contribution in [0.1, 0.15) is 24.0 Å². The number of rotatable bonds is 6. The number of likely N-dealkylation sites (N-methyl/N-ethyl adjacent to an activating group) is 2. The van der Waals surface area contributed by atoms with Gasteiger partial charge in [0.1, 0.15) is 5.76 Å². The minimum atomic E-state index is -5.08. The number of anilines is 1. The molecule has 0 radical (unpaired) electrons. The zero-order valence-corrected chi connectivity index (χ0v) is 25.4. The van der Waals surface area contributed by atoms with Crippen LogP contribution in [0.5, 0.6) is 0 Å². The van der Waals surface area contributed by atoms with Crippen molar-refractivity contribution in [1.29, 1.82) is 0 Å². The predicted octanol–water partition coefficient (Wildman–Crippen LogP) is 2.22. The van der Waals surface area contributed by atoms with Crippen LogP contribution >= 0.6 is 0 Å². The van der Waals surface area contributed by atoms with Crippen molar-refractivity contribution in [1.82, 2.24) is 14.1 Å². The van der Waals surface area contributed by atoms with Crippen molar-refractivity contribution in [2.45, 2.75) is 29.5 Å². The first-order chi connectivity index (χ1) is 21.0. The van der Waals surface area contributed by atoms with Crippen LogP contribution in [-0.4, -0.2) is 110 Å². The van der Waals surface area contributed by atoms with Crippen LogP contribution in [0.2, 0.25) is 0 Å². The van der Waals surface area contributed by atoms with E-state index in [1.165, 1.54) is 38.4 Å². The Hall–Kier alpha value is -4.28. The molecule has 5 rings (SSSR count). The van der Waals surface area contributed by atoms with Gasteiger partial charge >= 0.3 is 12.1 Å². The predicted molar refractivity (Wildman–Crippen MR) is 154 cm³/mol. The van der Waals surface area contributed by atoms with Crippen molar-refractivity contribution in [3.63, 3.8) is 0 Å². The number of ketones is 1. The second kappa shape index (κ2) is 12.3. The van der Waals surface area contributed by atoms with Gasteiger partial charge in [-0.15, -0.1) is 0 Å². The number of aliphatic hydroxyl groups is 1. The van der Waals surface area contributed by atoms with Gasteiger partial charge in [0.15, 0.2) is 5.54 Å². The Balaban J connectivity index is 0.000000591. The third-order valence-electron chi connectivity index (χ3n) is 7.78. The first-order valence-electron chi connectivity index (χ1n) is 13.7. The van der Waals surface area contributed by atoms with Crippen molar-refractivity contribution in [2.24, 2.45) is 0 Å². The second-order valence-corrected chi connectivity index (χ2v) is 12.8. The molecule has 2 saturated heterocycles. The highest BCUT2D eigenvalue weighted by atomic mass is 32.2. The van der Waals surface area contributed by atoms with E-state index in [4.69, 9.17) is 9.90 Å². The standard InChI is InChI=1S/C27H30N4O6S.C2HF3O2/c1-28(2)16-17-31-25(34)24(33)22(27(31)20-8-4-5-9-21(20)29(3)26(27)35)23(32)18-10-12-19(13-11-18)38(36,37)30-14-6-7-15-30;3-2(4,5)1(6)7/h4-5,8-13,32H,6-7,14-17H2,1-3H3;(H,6,7)/b23-22-;. The van der Waals surface area contributed by atoms with Crippen LogP contribution in [0.4, 0.5) is 18.9 Å². The van der Waals surface area contributed by atoms with E-state index >= 15 is 0 Å². The maximum atomic E-state index is 13.9. The zero-order chi connectivity index (χ0) is 33.5. The van der Waals surface area contributed by atoms with Gasteiger partial charge in [0.2, 0.25) is 10.0 Å². The number of nitrogens with zero attached hydrogens (tertiary/aromatic N) is 4. The second-order valence-electron chi connectivity index (χ2n) is 10.8. The van der Waals surface area contributed by atoms with Crippen molar-refractivity contribution in [3.8, 4) is 0 Å². The van der Waals surface area contributed by atoms with Crippen molar-refractivity contribution in [3.05, 3.63) is 65.2 Å². The molecular weight excluding hydrogens is 621 g/mol. The van der Waals surface area contributed by atoms with Gasteiger partial charge < -0.3 is 24.9 Å². The SMILES string of the molecule is CN(C)CCN1C(=O)C(=O)/C(=C(/O)c2ccc(S(=O)(=O)N3CCCC3)cc2)C12C(=O)N(C)c1ccccc12.O=C(O)C(F)(F)F. The van der Waals surface area contributed by atoms with Crippen LogP contribution < -0.4 is 4.90 Å². The molecule has 45 heavy (non-hydrogen) atoms. The summed E-state index contributed by atoms with van der Waals surface area (Å²) in [6, 6.07) is 12.4. The highest BCUT2D eigenvalue weighted by Gasteiger charge is 2.66. The molecule has 12 nitrogen and oxygen atoms in total. The number of hydrogen-bond donors (Lipinski definition) is 2. The lowest BCUT2D eigenvalue weighted by Crippen LogP contribution is -2.52. The Kier molecular flexibility index (Phi) is 9.15. The third-order valence-corrected chi connectivity index (χ3v) is 9.70. The third kappa shape index (κ3) is 5.80. The minimum absolute atomic E-state index is 0.0686. The lowest BCUT2D eigenvalue weighted by atomic mass is 9.82. The molecule has 3 aliphatic heterocycles. The number of carbonyl (C=O) groups excluding carboxylic acids is 3. The quantitative estimate of drug-likeness (QED) is 0.272. The number of Topliss-reactive ketones (excluding diaryl/α,β-unsaturated/α-hetero) is 1. The molecule has 2 aromatic carbocycles. The number of aliphatic carboxylic acids is 1. The zero-order valence-electron chi connectivity index (χ0n) is 24.5. The molecule has 16 heteroatoms. The Labute approximate surface area is 257 Å². The van der Waals surface area contributed by atoms with E-state index in [1.54, 1.807) is 31.3 Å². The van der Waals surface area contributed by atoms with Gasteiger partial charge in [0, 0.05) is 50.0 Å². The fourth-order valence-corrected chi connectivity index (χ4v) is 7.09. The molecule has 1 unspecified atom stereocenters. The molecule has 0 saturated carbocycles. The molecule has 1 spiro atoms. The molecule has 0 bridgehead atoms. The topological polar surface area (TPSA) is 156 Å². The van der Waals surface area contributed by atoms with Crippen LogP contribution in [-0.2, 0) is 34.7 Å². The van der Waals surface area contributed by atoms with E-state index in [-0.39, 0.29) is 22.6 Å². The number of hydrogen-bond acceptors (Lipinski definition) is 8. The molecule has 2 fully saturated rings. The Morgan fingerprint density at radius 3 is 2.07 bits per heavy atom. The summed E-state index contributed by atoms with van der Waals surface area (Å²) in [7, 11) is 1.52. The van der Waals surface area contributed by atoms with E-state index < -0.39 is 51.1 Å². The molecule has 242 valence electrons. The van der Waals surface area contributed by atoms with Gasteiger partial charge in [0.25, 0.3) is 17.6 Å². The maximum absolute atomic E-state index is 13.9. The van der Waals surface area contributed by atoms with Gasteiger partial charge in [-0.3, -0.25) is 14.4 Å². The van der Waals surface area contributed by atoms with Gasteiger partial charge in [-0.05, 0) is 57.3 Å². The highest BCUT2D eigenvalue weighted by molar-refractivity contribution is 7.89. The summed E-state index contributed by atoms with van der Waals surface area (Å²) < 4.78 is 59.1. The number of carboxylic acids is 1. The maximum Gasteiger partial charge on any atom is 0.490 e. The average Bonchev–Trinajstić information content (AvgIpc) is 3.66. The Morgan fingerprint density at radius 2 is 1.53 bits per heavy atom. The monoisotopic (exact) mass is 652 g/mol. The van der Waals surface area contributed by atoms with Crippen molar-refractivity contribution >= 4 is 45.0 Å². The normalized spacial score (nSPS) is 21.4. The number of carboxylic acid groups (broad SMARTS) is 1. The molecule has 0 aliphatic carbocycles. The minimum Gasteiger partial charge on any atom is -0.507 e. The first-order valence-corrected chi connectivity index (χ1v) is 15.1. The molecule has 1 atom stereocenters. The number of para-hydroxylation sites is 1. The smallest absolute Gasteiger partial charge is 0.490 e. The summed E-state index contributed by atoms with van der Waals surface area (Å²) >= 11 is 0. The summed E-state index contributed by atoms with van der Waals surface area (Å²) in [4.78, 5) is 54.3. The van der Waals surface area contributed by atoms with Crippen LogP contribution in [0.25, 0.3) is 5.76 Å². The summed E-state index contributed by atoms with van der Waals surface area (Å²) in [5.74, 6) is -5.65. The molecule has 3 heterocycles. The summed E-state index contributed by atoms with van der Waals surface area (Å²) in [6.45, 7) is 1.37. The number of amides is 2. The number of alkyl halides is 3. The number of sulfonamides is 1. The largest absolute Gasteiger partial charge is 0.507 e. The number of aliphatic hydroxyl groups excluding tert-OH is 1. The van der Waals surface area contributed by atoms with Crippen molar-refractivity contribution in [2.75, 3.05) is 52.2 Å².